The maximum absolute atomic E-state index is 6.25. The van der Waals surface area contributed by atoms with Gasteiger partial charge in [0.15, 0.2) is 16.6 Å². The number of hydrogen-bond donors (Lipinski definition) is 1. The second kappa shape index (κ2) is 7.58. The highest BCUT2D eigenvalue weighted by Crippen LogP contribution is 2.40. The molecular formula is C20H17ClN4O2S. The number of rotatable bonds is 4. The molecule has 1 aliphatic heterocycles. The van der Waals surface area contributed by atoms with Gasteiger partial charge in [-0.25, -0.2) is 9.97 Å². The van der Waals surface area contributed by atoms with Crippen LogP contribution in [0.25, 0.3) is 22.3 Å². The van der Waals surface area contributed by atoms with Gasteiger partial charge in [-0.3, -0.25) is 5.10 Å². The summed E-state index contributed by atoms with van der Waals surface area (Å²) in [6.07, 6.45) is 5.41. The van der Waals surface area contributed by atoms with Crippen LogP contribution in [0.15, 0.2) is 57.1 Å². The molecule has 5 rings (SSSR count). The molecule has 1 N–H and O–H groups in total. The number of aromatic nitrogens is 4. The summed E-state index contributed by atoms with van der Waals surface area (Å²) in [4.78, 5) is 10.4. The summed E-state index contributed by atoms with van der Waals surface area (Å²) in [6, 6.07) is 9.73. The van der Waals surface area contributed by atoms with Gasteiger partial charge in [-0.1, -0.05) is 11.6 Å². The average Bonchev–Trinajstić information content (AvgIpc) is 3.37. The van der Waals surface area contributed by atoms with Crippen molar-refractivity contribution in [2.24, 2.45) is 0 Å². The van der Waals surface area contributed by atoms with Crippen LogP contribution >= 0.6 is 23.4 Å². The fourth-order valence-electron chi connectivity index (χ4n) is 3.27. The first-order valence-corrected chi connectivity index (χ1v) is 10.3. The molecule has 0 unspecified atom stereocenters. The summed E-state index contributed by atoms with van der Waals surface area (Å²) in [5, 5.41) is 9.33. The van der Waals surface area contributed by atoms with Crippen LogP contribution in [0.5, 0.6) is 0 Å². The van der Waals surface area contributed by atoms with Crippen molar-refractivity contribution in [2.75, 3.05) is 13.2 Å². The number of H-pyrrole nitrogens is 1. The maximum atomic E-state index is 6.25. The highest BCUT2D eigenvalue weighted by atomic mass is 35.5. The number of halogens is 1. The van der Waals surface area contributed by atoms with Crippen molar-refractivity contribution in [3.05, 3.63) is 53.6 Å². The number of fused-ring (bicyclic) bond motifs is 1. The second-order valence-corrected chi connectivity index (χ2v) is 8.15. The van der Waals surface area contributed by atoms with Crippen molar-refractivity contribution >= 4 is 34.4 Å². The molecule has 0 saturated carbocycles. The minimum Gasteiger partial charge on any atom is -0.433 e. The molecule has 142 valence electrons. The first-order chi connectivity index (χ1) is 13.8. The van der Waals surface area contributed by atoms with Gasteiger partial charge < -0.3 is 9.15 Å². The Hall–Kier alpha value is -2.35. The van der Waals surface area contributed by atoms with Gasteiger partial charge in [-0.2, -0.15) is 5.10 Å². The lowest BCUT2D eigenvalue weighted by Gasteiger charge is -2.18. The summed E-state index contributed by atoms with van der Waals surface area (Å²) >= 11 is 7.56. The highest BCUT2D eigenvalue weighted by Gasteiger charge is 2.25. The third kappa shape index (κ3) is 3.53. The van der Waals surface area contributed by atoms with E-state index < -0.39 is 0 Å². The predicted molar refractivity (Wildman–Crippen MR) is 108 cm³/mol. The zero-order valence-corrected chi connectivity index (χ0v) is 16.5. The predicted octanol–water partition coefficient (Wildman–Crippen LogP) is 5.31. The average molecular weight is 413 g/mol. The second-order valence-electron chi connectivity index (χ2n) is 6.66. The van der Waals surface area contributed by atoms with Gasteiger partial charge in [0.1, 0.15) is 5.69 Å². The minimum atomic E-state index is 0.276. The fourth-order valence-corrected chi connectivity index (χ4v) is 4.27. The summed E-state index contributed by atoms with van der Waals surface area (Å²) in [5.41, 5.74) is 2.47. The molecule has 0 aliphatic carbocycles. The van der Waals surface area contributed by atoms with E-state index in [0.29, 0.717) is 5.02 Å². The number of aromatic amines is 1. The smallest absolute Gasteiger partial charge is 0.199 e. The minimum absolute atomic E-state index is 0.276. The topological polar surface area (TPSA) is 76.8 Å². The van der Waals surface area contributed by atoms with Crippen LogP contribution in [0.4, 0.5) is 0 Å². The van der Waals surface area contributed by atoms with Crippen LogP contribution < -0.4 is 0 Å². The fraction of sp³-hybridized carbons (Fsp3) is 0.250. The molecule has 1 saturated heterocycles. The van der Waals surface area contributed by atoms with E-state index in [2.05, 4.69) is 15.2 Å². The zero-order chi connectivity index (χ0) is 18.9. The number of nitrogens with zero attached hydrogens (tertiary/aromatic N) is 3. The third-order valence-electron chi connectivity index (χ3n) is 4.77. The van der Waals surface area contributed by atoms with E-state index in [1.807, 2.05) is 30.3 Å². The third-order valence-corrected chi connectivity index (χ3v) is 5.99. The van der Waals surface area contributed by atoms with Crippen molar-refractivity contribution in [1.82, 2.24) is 20.2 Å². The molecule has 6 nitrogen and oxygen atoms in total. The molecule has 3 aromatic heterocycles. The van der Waals surface area contributed by atoms with Crippen molar-refractivity contribution in [1.29, 1.82) is 0 Å². The summed E-state index contributed by atoms with van der Waals surface area (Å²) in [5.74, 6) is 1.04. The molecular weight excluding hydrogens is 396 g/mol. The lowest BCUT2D eigenvalue weighted by molar-refractivity contribution is 0.0786. The van der Waals surface area contributed by atoms with Gasteiger partial charge in [-0.15, -0.1) is 0 Å². The van der Waals surface area contributed by atoms with E-state index in [4.69, 9.17) is 25.7 Å². The van der Waals surface area contributed by atoms with E-state index in [1.54, 1.807) is 12.4 Å². The molecule has 1 aliphatic rings. The molecule has 28 heavy (non-hydrogen) atoms. The first kappa shape index (κ1) is 17.7. The van der Waals surface area contributed by atoms with Gasteiger partial charge >= 0.3 is 0 Å². The molecule has 0 amide bonds. The Morgan fingerprint density at radius 2 is 1.93 bits per heavy atom. The summed E-state index contributed by atoms with van der Waals surface area (Å²) < 4.78 is 11.7. The number of ether oxygens (including phenoxy) is 1. The van der Waals surface area contributed by atoms with Crippen LogP contribution in [-0.4, -0.2) is 33.4 Å². The van der Waals surface area contributed by atoms with Crippen molar-refractivity contribution in [2.45, 2.75) is 28.7 Å². The number of nitrogens with one attached hydrogen (secondary N) is 1. The zero-order valence-electron chi connectivity index (χ0n) is 14.9. The normalized spacial score (nSPS) is 15.3. The molecule has 4 aromatic rings. The van der Waals surface area contributed by atoms with Crippen molar-refractivity contribution in [3.63, 3.8) is 0 Å². The molecule has 1 aromatic carbocycles. The Morgan fingerprint density at radius 3 is 2.75 bits per heavy atom. The van der Waals surface area contributed by atoms with Gasteiger partial charge in [0.25, 0.3) is 0 Å². The molecule has 0 atom stereocenters. The maximum Gasteiger partial charge on any atom is 0.199 e. The van der Waals surface area contributed by atoms with E-state index in [1.165, 1.54) is 11.8 Å². The first-order valence-electron chi connectivity index (χ1n) is 9.07. The van der Waals surface area contributed by atoms with Crippen LogP contribution in [0.1, 0.15) is 24.7 Å². The molecule has 8 heteroatoms. The monoisotopic (exact) mass is 412 g/mol. The Bertz CT molecular complexity index is 1100. The van der Waals surface area contributed by atoms with Gasteiger partial charge in [0.05, 0.1) is 6.20 Å². The Kier molecular flexibility index (Phi) is 4.80. The van der Waals surface area contributed by atoms with E-state index >= 15 is 0 Å². The lowest BCUT2D eigenvalue weighted by Crippen LogP contribution is -2.14. The Balaban J connectivity index is 1.56. The summed E-state index contributed by atoms with van der Waals surface area (Å²) in [7, 11) is 0. The van der Waals surface area contributed by atoms with E-state index in [0.717, 1.165) is 64.2 Å². The molecule has 4 heterocycles. The van der Waals surface area contributed by atoms with Gasteiger partial charge in [0, 0.05) is 46.2 Å². The quantitative estimate of drug-likeness (QED) is 0.489. The van der Waals surface area contributed by atoms with Gasteiger partial charge in [0.2, 0.25) is 0 Å². The van der Waals surface area contributed by atoms with Crippen LogP contribution in [0, 0.1) is 0 Å². The lowest BCUT2D eigenvalue weighted by atomic mass is 10.0. The summed E-state index contributed by atoms with van der Waals surface area (Å²) in [6.45, 7) is 1.48. The SMILES string of the molecule is Clc1ccc(Sc2oc(C3CCOCC3)nc2-c2cnc3[nH]ncc3c2)cc1. The van der Waals surface area contributed by atoms with Crippen LogP contribution in [0.3, 0.4) is 0 Å². The molecule has 0 spiro atoms. The highest BCUT2D eigenvalue weighted by molar-refractivity contribution is 7.99. The molecule has 0 radical (unpaired) electrons. The van der Waals surface area contributed by atoms with Gasteiger partial charge in [-0.05, 0) is 54.9 Å². The van der Waals surface area contributed by atoms with Crippen molar-refractivity contribution < 1.29 is 9.15 Å². The van der Waals surface area contributed by atoms with Crippen LogP contribution in [0.2, 0.25) is 5.02 Å². The molecule has 0 bridgehead atoms. The standard InChI is InChI=1S/C20H17ClN4O2S/c21-15-1-3-16(4-2-15)28-20-17(13-9-14-11-23-25-18(14)22-10-13)24-19(27-20)12-5-7-26-8-6-12/h1-4,9-12H,5-8H2,(H,22,23,25). The largest absolute Gasteiger partial charge is 0.433 e. The number of hydrogen-bond acceptors (Lipinski definition) is 6. The number of pyridine rings is 1. The van der Waals surface area contributed by atoms with E-state index in [9.17, 15) is 0 Å². The van der Waals surface area contributed by atoms with Crippen LogP contribution in [-0.2, 0) is 4.74 Å². The Morgan fingerprint density at radius 1 is 1.11 bits per heavy atom. The number of oxazole rings is 1. The number of benzene rings is 1. The van der Waals surface area contributed by atoms with E-state index in [-0.39, 0.29) is 5.92 Å². The van der Waals surface area contributed by atoms with Crippen molar-refractivity contribution in [3.8, 4) is 11.3 Å². The Labute approximate surface area is 170 Å². The molecule has 1 fully saturated rings.